The summed E-state index contributed by atoms with van der Waals surface area (Å²) in [5, 5.41) is 9.60. The van der Waals surface area contributed by atoms with Crippen molar-refractivity contribution < 1.29 is 14.7 Å². The molecule has 3 rings (SSSR count). The summed E-state index contributed by atoms with van der Waals surface area (Å²) in [5.74, 6) is 0.0307. The van der Waals surface area contributed by atoms with Gasteiger partial charge in [-0.3, -0.25) is 9.59 Å². The van der Waals surface area contributed by atoms with Gasteiger partial charge in [-0.05, 0) is 44.4 Å². The molecule has 0 atom stereocenters. The maximum Gasteiger partial charge on any atom is 0.310 e. The van der Waals surface area contributed by atoms with E-state index >= 15 is 0 Å². The SMILES string of the molecule is O=C(CC1(C(=O)O)CCCCC1)N(CC1CC1)C1CC1. The van der Waals surface area contributed by atoms with E-state index in [4.69, 9.17) is 0 Å². The van der Waals surface area contributed by atoms with E-state index in [0.717, 1.165) is 38.6 Å². The topological polar surface area (TPSA) is 57.6 Å². The van der Waals surface area contributed by atoms with Crippen molar-refractivity contribution in [3.8, 4) is 0 Å². The Labute approximate surface area is 120 Å². The Morgan fingerprint density at radius 3 is 2.20 bits per heavy atom. The number of rotatable bonds is 6. The van der Waals surface area contributed by atoms with Crippen molar-refractivity contribution in [3.63, 3.8) is 0 Å². The summed E-state index contributed by atoms with van der Waals surface area (Å²) in [6.07, 6.45) is 9.28. The third-order valence-corrected chi connectivity index (χ3v) is 5.21. The first-order chi connectivity index (χ1) is 9.61. The van der Waals surface area contributed by atoms with Crippen molar-refractivity contribution in [2.24, 2.45) is 11.3 Å². The lowest BCUT2D eigenvalue weighted by Crippen LogP contribution is -2.42. The minimum absolute atomic E-state index is 0.101. The van der Waals surface area contributed by atoms with E-state index in [1.165, 1.54) is 12.8 Å². The van der Waals surface area contributed by atoms with Crippen LogP contribution in [0.3, 0.4) is 0 Å². The van der Waals surface area contributed by atoms with Gasteiger partial charge in [-0.1, -0.05) is 19.3 Å². The largest absolute Gasteiger partial charge is 0.481 e. The second-order valence-corrected chi connectivity index (χ2v) is 7.04. The molecule has 20 heavy (non-hydrogen) atoms. The molecular formula is C16H25NO3. The van der Waals surface area contributed by atoms with Gasteiger partial charge < -0.3 is 10.0 Å². The van der Waals surface area contributed by atoms with Crippen LogP contribution in [-0.2, 0) is 9.59 Å². The first-order valence-electron chi connectivity index (χ1n) is 8.14. The number of hydrogen-bond acceptors (Lipinski definition) is 2. The molecule has 0 aromatic carbocycles. The average molecular weight is 279 g/mol. The Balaban J connectivity index is 1.66. The summed E-state index contributed by atoms with van der Waals surface area (Å²) in [6, 6.07) is 0.414. The molecule has 0 unspecified atom stereocenters. The molecule has 0 spiro atoms. The molecule has 3 aliphatic rings. The van der Waals surface area contributed by atoms with Gasteiger partial charge in [-0.2, -0.15) is 0 Å². The number of carbonyl (C=O) groups is 2. The van der Waals surface area contributed by atoms with Gasteiger partial charge in [-0.15, -0.1) is 0 Å². The predicted octanol–water partition coefficient (Wildman–Crippen LogP) is 2.81. The standard InChI is InChI=1S/C16H25NO3/c18-14(17(13-6-7-13)11-12-4-5-12)10-16(15(19)20)8-2-1-3-9-16/h12-13H,1-11H2,(H,19,20). The van der Waals surface area contributed by atoms with Crippen LogP contribution in [0.4, 0.5) is 0 Å². The highest BCUT2D eigenvalue weighted by Gasteiger charge is 2.44. The number of carboxylic acids is 1. The first-order valence-corrected chi connectivity index (χ1v) is 8.14. The van der Waals surface area contributed by atoms with Gasteiger partial charge in [0, 0.05) is 19.0 Å². The van der Waals surface area contributed by atoms with E-state index in [1.54, 1.807) is 0 Å². The van der Waals surface area contributed by atoms with Gasteiger partial charge in [-0.25, -0.2) is 0 Å². The fourth-order valence-electron chi connectivity index (χ4n) is 3.51. The van der Waals surface area contributed by atoms with Crippen molar-refractivity contribution >= 4 is 11.9 Å². The van der Waals surface area contributed by atoms with Crippen LogP contribution in [-0.4, -0.2) is 34.5 Å². The molecule has 0 aromatic heterocycles. The van der Waals surface area contributed by atoms with Gasteiger partial charge in [0.2, 0.25) is 5.91 Å². The molecule has 1 N–H and O–H groups in total. The summed E-state index contributed by atoms with van der Waals surface area (Å²) in [6.45, 7) is 0.874. The summed E-state index contributed by atoms with van der Waals surface area (Å²) >= 11 is 0. The number of nitrogens with zero attached hydrogens (tertiary/aromatic N) is 1. The maximum absolute atomic E-state index is 12.6. The van der Waals surface area contributed by atoms with E-state index in [1.807, 2.05) is 4.90 Å². The first kappa shape index (κ1) is 13.9. The molecule has 0 aliphatic heterocycles. The minimum Gasteiger partial charge on any atom is -0.481 e. The van der Waals surface area contributed by atoms with Crippen molar-refractivity contribution in [3.05, 3.63) is 0 Å². The minimum atomic E-state index is -0.772. The molecule has 0 radical (unpaired) electrons. The lowest BCUT2D eigenvalue weighted by molar-refractivity contribution is -0.156. The summed E-state index contributed by atoms with van der Waals surface area (Å²) in [5.41, 5.74) is -0.772. The molecule has 0 saturated heterocycles. The number of hydrogen-bond donors (Lipinski definition) is 1. The third kappa shape index (κ3) is 2.99. The number of aliphatic carboxylic acids is 1. The second-order valence-electron chi connectivity index (χ2n) is 7.04. The Morgan fingerprint density at radius 2 is 1.70 bits per heavy atom. The Kier molecular flexibility index (Phi) is 3.74. The van der Waals surface area contributed by atoms with Crippen LogP contribution in [0, 0.1) is 11.3 Å². The van der Waals surface area contributed by atoms with Gasteiger partial charge in [0.15, 0.2) is 0 Å². The Bertz CT molecular complexity index is 393. The van der Waals surface area contributed by atoms with E-state index in [2.05, 4.69) is 0 Å². The second kappa shape index (κ2) is 5.38. The highest BCUT2D eigenvalue weighted by molar-refractivity contribution is 5.85. The monoisotopic (exact) mass is 279 g/mol. The molecule has 112 valence electrons. The Hall–Kier alpha value is -1.06. The van der Waals surface area contributed by atoms with Crippen LogP contribution in [0.5, 0.6) is 0 Å². The lowest BCUT2D eigenvalue weighted by Gasteiger charge is -2.34. The van der Waals surface area contributed by atoms with Crippen molar-refractivity contribution in [2.75, 3.05) is 6.54 Å². The highest BCUT2D eigenvalue weighted by Crippen LogP contribution is 2.42. The lowest BCUT2D eigenvalue weighted by atomic mass is 9.71. The summed E-state index contributed by atoms with van der Waals surface area (Å²) in [4.78, 5) is 26.3. The fourth-order valence-corrected chi connectivity index (χ4v) is 3.51. The zero-order chi connectivity index (χ0) is 14.2. The van der Waals surface area contributed by atoms with E-state index < -0.39 is 11.4 Å². The molecular weight excluding hydrogens is 254 g/mol. The van der Waals surface area contributed by atoms with Crippen LogP contribution in [0.25, 0.3) is 0 Å². The van der Waals surface area contributed by atoms with Crippen LogP contribution in [0.2, 0.25) is 0 Å². The zero-order valence-electron chi connectivity index (χ0n) is 12.1. The zero-order valence-corrected chi connectivity index (χ0v) is 12.1. The third-order valence-electron chi connectivity index (χ3n) is 5.21. The number of carbonyl (C=O) groups excluding carboxylic acids is 1. The summed E-state index contributed by atoms with van der Waals surface area (Å²) < 4.78 is 0. The fraction of sp³-hybridized carbons (Fsp3) is 0.875. The highest BCUT2D eigenvalue weighted by atomic mass is 16.4. The quantitative estimate of drug-likeness (QED) is 0.813. The van der Waals surface area contributed by atoms with Crippen molar-refractivity contribution in [1.29, 1.82) is 0 Å². The molecule has 4 nitrogen and oxygen atoms in total. The van der Waals surface area contributed by atoms with E-state index in [-0.39, 0.29) is 12.3 Å². The van der Waals surface area contributed by atoms with Gasteiger partial charge in [0.25, 0.3) is 0 Å². The smallest absolute Gasteiger partial charge is 0.310 e. The van der Waals surface area contributed by atoms with Crippen molar-refractivity contribution in [1.82, 2.24) is 4.90 Å². The van der Waals surface area contributed by atoms with Crippen LogP contribution in [0.15, 0.2) is 0 Å². The molecule has 3 saturated carbocycles. The Morgan fingerprint density at radius 1 is 1.05 bits per heavy atom. The van der Waals surface area contributed by atoms with Gasteiger partial charge in [0.1, 0.15) is 0 Å². The maximum atomic E-state index is 12.6. The van der Waals surface area contributed by atoms with E-state index in [0.29, 0.717) is 24.8 Å². The average Bonchev–Trinajstić information content (AvgIpc) is 3.29. The molecule has 3 fully saturated rings. The predicted molar refractivity (Wildman–Crippen MR) is 75.2 cm³/mol. The van der Waals surface area contributed by atoms with Crippen LogP contribution in [0.1, 0.15) is 64.2 Å². The van der Waals surface area contributed by atoms with Gasteiger partial charge >= 0.3 is 5.97 Å². The normalized spacial score (nSPS) is 25.2. The van der Waals surface area contributed by atoms with E-state index in [9.17, 15) is 14.7 Å². The van der Waals surface area contributed by atoms with Crippen LogP contribution < -0.4 is 0 Å². The number of carboxylic acid groups (broad SMARTS) is 1. The molecule has 0 bridgehead atoms. The molecule has 0 aromatic rings. The van der Waals surface area contributed by atoms with Gasteiger partial charge in [0.05, 0.1) is 5.41 Å². The molecule has 3 aliphatic carbocycles. The molecule has 1 amide bonds. The van der Waals surface area contributed by atoms with Crippen LogP contribution >= 0.6 is 0 Å². The summed E-state index contributed by atoms with van der Waals surface area (Å²) in [7, 11) is 0. The van der Waals surface area contributed by atoms with Crippen molar-refractivity contribution in [2.45, 2.75) is 70.3 Å². The number of amides is 1. The molecule has 4 heteroatoms. The molecule has 0 heterocycles.